The first-order valence-electron chi connectivity index (χ1n) is 9.37. The molecule has 4 rings (SSSR count). The van der Waals surface area contributed by atoms with Gasteiger partial charge in [-0.1, -0.05) is 19.1 Å². The number of nitrogens with zero attached hydrogens (tertiary/aromatic N) is 2. The molecule has 0 aliphatic carbocycles. The van der Waals surface area contributed by atoms with E-state index < -0.39 is 10.0 Å². The molecule has 2 heterocycles. The lowest BCUT2D eigenvalue weighted by Crippen LogP contribution is -2.12. The molecule has 4 aromatic rings. The number of anilines is 3. The third-order valence-electron chi connectivity index (χ3n) is 4.54. The lowest BCUT2D eigenvalue weighted by atomic mass is 10.2. The van der Waals surface area contributed by atoms with E-state index in [0.29, 0.717) is 11.5 Å². The van der Waals surface area contributed by atoms with E-state index >= 15 is 0 Å². The van der Waals surface area contributed by atoms with Crippen LogP contribution in [-0.4, -0.2) is 18.4 Å². The van der Waals surface area contributed by atoms with Crippen molar-refractivity contribution in [2.45, 2.75) is 18.2 Å². The Bertz CT molecular complexity index is 1220. The molecule has 0 radical (unpaired) electrons. The number of aryl methyl sites for hydroxylation is 1. The molecule has 0 fully saturated rings. The van der Waals surface area contributed by atoms with Gasteiger partial charge in [-0.15, -0.1) is 0 Å². The topological polar surface area (TPSA) is 84.0 Å². The van der Waals surface area contributed by atoms with Crippen molar-refractivity contribution in [1.29, 1.82) is 0 Å². The van der Waals surface area contributed by atoms with Gasteiger partial charge in [-0.2, -0.15) is 11.3 Å². The van der Waals surface area contributed by atoms with E-state index in [1.165, 1.54) is 6.33 Å². The van der Waals surface area contributed by atoms with Gasteiger partial charge in [0.15, 0.2) is 0 Å². The van der Waals surface area contributed by atoms with Crippen molar-refractivity contribution in [3.63, 3.8) is 0 Å². The molecular formula is C22H20N4O2S2. The van der Waals surface area contributed by atoms with Crippen molar-refractivity contribution >= 4 is 38.6 Å². The van der Waals surface area contributed by atoms with Gasteiger partial charge in [0.05, 0.1) is 10.6 Å². The second kappa shape index (κ2) is 8.64. The molecule has 0 amide bonds. The van der Waals surface area contributed by atoms with E-state index in [9.17, 15) is 8.42 Å². The summed E-state index contributed by atoms with van der Waals surface area (Å²) in [6, 6.07) is 17.8. The van der Waals surface area contributed by atoms with Crippen LogP contribution in [0.4, 0.5) is 17.2 Å². The maximum Gasteiger partial charge on any atom is 0.261 e. The first-order valence-corrected chi connectivity index (χ1v) is 11.8. The van der Waals surface area contributed by atoms with Gasteiger partial charge in [0.2, 0.25) is 0 Å². The van der Waals surface area contributed by atoms with Gasteiger partial charge in [0, 0.05) is 28.4 Å². The maximum atomic E-state index is 12.6. The maximum absolute atomic E-state index is 12.6. The number of sulfonamides is 1. The summed E-state index contributed by atoms with van der Waals surface area (Å²) in [7, 11) is -3.63. The second-order valence-electron chi connectivity index (χ2n) is 6.61. The summed E-state index contributed by atoms with van der Waals surface area (Å²) in [6.07, 6.45) is 2.38. The fourth-order valence-electron chi connectivity index (χ4n) is 2.88. The van der Waals surface area contributed by atoms with Crippen LogP contribution in [0.1, 0.15) is 12.5 Å². The van der Waals surface area contributed by atoms with Crippen LogP contribution >= 0.6 is 11.3 Å². The van der Waals surface area contributed by atoms with Crippen LogP contribution in [0.25, 0.3) is 11.3 Å². The number of rotatable bonds is 7. The zero-order chi connectivity index (χ0) is 21.0. The minimum absolute atomic E-state index is 0.240. The first kappa shape index (κ1) is 20.1. The molecule has 0 atom stereocenters. The molecule has 2 aromatic heterocycles. The van der Waals surface area contributed by atoms with Gasteiger partial charge < -0.3 is 5.32 Å². The summed E-state index contributed by atoms with van der Waals surface area (Å²) in [5.74, 6) is 0.663. The Morgan fingerprint density at radius 3 is 2.33 bits per heavy atom. The van der Waals surface area contributed by atoms with Gasteiger partial charge in [0.1, 0.15) is 12.1 Å². The number of hydrogen-bond acceptors (Lipinski definition) is 6. The molecule has 0 spiro atoms. The largest absolute Gasteiger partial charge is 0.340 e. The Kier molecular flexibility index (Phi) is 5.78. The van der Waals surface area contributed by atoms with Crippen LogP contribution in [0.2, 0.25) is 0 Å². The van der Waals surface area contributed by atoms with Crippen LogP contribution < -0.4 is 10.0 Å². The van der Waals surface area contributed by atoms with Crippen molar-refractivity contribution in [3.8, 4) is 11.3 Å². The third-order valence-corrected chi connectivity index (χ3v) is 6.62. The van der Waals surface area contributed by atoms with Crippen molar-refractivity contribution in [2.24, 2.45) is 0 Å². The highest BCUT2D eigenvalue weighted by molar-refractivity contribution is 7.92. The van der Waals surface area contributed by atoms with Gasteiger partial charge in [0.25, 0.3) is 10.0 Å². The highest BCUT2D eigenvalue weighted by atomic mass is 32.2. The fourth-order valence-corrected chi connectivity index (χ4v) is 4.59. The summed E-state index contributed by atoms with van der Waals surface area (Å²) >= 11 is 1.61. The van der Waals surface area contributed by atoms with E-state index in [1.54, 1.807) is 47.7 Å². The Labute approximate surface area is 179 Å². The summed E-state index contributed by atoms with van der Waals surface area (Å²) < 4.78 is 27.8. The third kappa shape index (κ3) is 4.67. The normalized spacial score (nSPS) is 11.2. The Morgan fingerprint density at radius 2 is 1.67 bits per heavy atom. The van der Waals surface area contributed by atoms with Crippen LogP contribution in [0.15, 0.2) is 82.6 Å². The zero-order valence-electron chi connectivity index (χ0n) is 16.2. The Hall–Kier alpha value is -3.23. The van der Waals surface area contributed by atoms with Gasteiger partial charge in [-0.25, -0.2) is 18.4 Å². The van der Waals surface area contributed by atoms with Gasteiger partial charge in [-0.3, -0.25) is 4.72 Å². The molecule has 0 unspecified atom stereocenters. The van der Waals surface area contributed by atoms with Crippen molar-refractivity contribution in [2.75, 3.05) is 10.0 Å². The SMILES string of the molecule is CCc1ccc(S(=O)(=O)Nc2ccc(Nc3cc(-c4ccsc4)ncn3)cc2)cc1. The van der Waals surface area contributed by atoms with Crippen LogP contribution in [0.5, 0.6) is 0 Å². The first-order chi connectivity index (χ1) is 14.5. The molecule has 0 saturated carbocycles. The average Bonchev–Trinajstić information content (AvgIpc) is 3.30. The van der Waals surface area contributed by atoms with E-state index in [4.69, 9.17) is 0 Å². The molecule has 152 valence electrons. The monoisotopic (exact) mass is 436 g/mol. The number of nitrogens with one attached hydrogen (secondary N) is 2. The zero-order valence-corrected chi connectivity index (χ0v) is 17.9. The minimum atomic E-state index is -3.63. The minimum Gasteiger partial charge on any atom is -0.340 e. The van der Waals surface area contributed by atoms with Gasteiger partial charge in [-0.05, 0) is 59.8 Å². The van der Waals surface area contributed by atoms with Crippen molar-refractivity contribution in [3.05, 3.63) is 83.3 Å². The Morgan fingerprint density at radius 1 is 0.933 bits per heavy atom. The second-order valence-corrected chi connectivity index (χ2v) is 9.07. The molecule has 30 heavy (non-hydrogen) atoms. The van der Waals surface area contributed by atoms with E-state index in [-0.39, 0.29) is 4.90 Å². The summed E-state index contributed by atoms with van der Waals surface area (Å²) in [5.41, 5.74) is 4.26. The van der Waals surface area contributed by atoms with E-state index in [1.807, 2.05) is 41.9 Å². The number of thiophene rings is 1. The number of benzene rings is 2. The molecule has 0 aliphatic rings. The molecule has 0 saturated heterocycles. The summed E-state index contributed by atoms with van der Waals surface area (Å²) in [5, 5.41) is 7.25. The number of aromatic nitrogens is 2. The summed E-state index contributed by atoms with van der Waals surface area (Å²) in [4.78, 5) is 8.79. The average molecular weight is 437 g/mol. The highest BCUT2D eigenvalue weighted by Gasteiger charge is 2.14. The van der Waals surface area contributed by atoms with E-state index in [2.05, 4.69) is 20.0 Å². The van der Waals surface area contributed by atoms with Gasteiger partial charge >= 0.3 is 0 Å². The lowest BCUT2D eigenvalue weighted by molar-refractivity contribution is 0.601. The molecule has 2 N–H and O–H groups in total. The molecule has 0 aliphatic heterocycles. The van der Waals surface area contributed by atoms with Crippen LogP contribution in [-0.2, 0) is 16.4 Å². The quantitative estimate of drug-likeness (QED) is 0.410. The molecule has 6 nitrogen and oxygen atoms in total. The molecule has 8 heteroatoms. The predicted octanol–water partition coefficient (Wildman–Crippen LogP) is 5.31. The van der Waals surface area contributed by atoms with Crippen molar-refractivity contribution in [1.82, 2.24) is 9.97 Å². The smallest absolute Gasteiger partial charge is 0.261 e. The standard InChI is InChI=1S/C22H20N4O2S2/c1-2-16-3-9-20(10-4-16)30(27,28)26-19-7-5-18(6-8-19)25-22-13-21(23-15-24-22)17-11-12-29-14-17/h3-15,26H,2H2,1H3,(H,23,24,25). The van der Waals surface area contributed by atoms with Crippen LogP contribution in [0, 0.1) is 0 Å². The number of hydrogen-bond donors (Lipinski definition) is 2. The highest BCUT2D eigenvalue weighted by Crippen LogP contribution is 2.24. The predicted molar refractivity (Wildman–Crippen MR) is 122 cm³/mol. The molecule has 2 aromatic carbocycles. The van der Waals surface area contributed by atoms with E-state index in [0.717, 1.165) is 28.9 Å². The Balaban J connectivity index is 1.46. The lowest BCUT2D eigenvalue weighted by Gasteiger charge is -2.10. The molecule has 0 bridgehead atoms. The molecular weight excluding hydrogens is 416 g/mol. The van der Waals surface area contributed by atoms with Crippen LogP contribution in [0.3, 0.4) is 0 Å². The fraction of sp³-hybridized carbons (Fsp3) is 0.0909. The summed E-state index contributed by atoms with van der Waals surface area (Å²) in [6.45, 7) is 2.03. The van der Waals surface area contributed by atoms with Crippen molar-refractivity contribution < 1.29 is 8.42 Å².